The Balaban J connectivity index is 2.56. The van der Waals surface area contributed by atoms with Crippen LogP contribution in [-0.4, -0.2) is 27.8 Å². The average molecular weight is 340 g/mol. The van der Waals surface area contributed by atoms with Crippen LogP contribution in [0.4, 0.5) is 10.6 Å². The van der Waals surface area contributed by atoms with Gasteiger partial charge in [0.05, 0.1) is 12.8 Å². The third kappa shape index (κ3) is 4.80. The molecule has 0 atom stereocenters. The molecule has 0 aliphatic rings. The van der Waals surface area contributed by atoms with Crippen molar-refractivity contribution in [3.05, 3.63) is 16.0 Å². The number of aromatic nitrogens is 2. The Morgan fingerprint density at radius 1 is 1.71 bits per heavy atom. The summed E-state index contributed by atoms with van der Waals surface area (Å²) in [5.74, 6) is 0.319. The molecule has 1 amide bonds. The topological polar surface area (TPSA) is 76.1 Å². The first kappa shape index (κ1) is 14.1. The lowest BCUT2D eigenvalue weighted by molar-refractivity contribution is 0.158. The highest BCUT2D eigenvalue weighted by molar-refractivity contribution is 9.10. The molecule has 0 fully saturated rings. The summed E-state index contributed by atoms with van der Waals surface area (Å²) in [6.07, 6.45) is 0.774. The van der Waals surface area contributed by atoms with Crippen LogP contribution < -0.4 is 10.6 Å². The molecule has 1 aromatic heterocycles. The van der Waals surface area contributed by atoms with Crippen LogP contribution in [0.1, 0.15) is 6.92 Å². The van der Waals surface area contributed by atoms with Gasteiger partial charge in [0.1, 0.15) is 4.60 Å². The minimum Gasteiger partial charge on any atom is -0.450 e. The van der Waals surface area contributed by atoms with Gasteiger partial charge >= 0.3 is 6.09 Å². The van der Waals surface area contributed by atoms with Crippen LogP contribution in [0.3, 0.4) is 0 Å². The van der Waals surface area contributed by atoms with Crippen molar-refractivity contribution in [2.24, 2.45) is 0 Å². The monoisotopic (exact) mass is 338 g/mol. The fraction of sp³-hybridized carbons (Fsp3) is 0.250. The van der Waals surface area contributed by atoms with Gasteiger partial charge in [-0.3, -0.25) is 5.32 Å². The zero-order valence-electron chi connectivity index (χ0n) is 8.66. The molecule has 0 radical (unpaired) electrons. The van der Waals surface area contributed by atoms with Crippen molar-refractivity contribution < 1.29 is 9.53 Å². The Morgan fingerprint density at radius 3 is 3.00 bits per heavy atom. The molecule has 1 rings (SSSR count). The van der Waals surface area contributed by atoms with Crippen molar-refractivity contribution >= 4 is 56.8 Å². The molecule has 0 aliphatic carbocycles. The van der Waals surface area contributed by atoms with E-state index in [1.54, 1.807) is 6.92 Å². The van der Waals surface area contributed by atoms with Gasteiger partial charge in [0.25, 0.3) is 0 Å². The fourth-order valence-electron chi connectivity index (χ4n) is 0.820. The molecule has 2 N–H and O–H groups in total. The summed E-state index contributed by atoms with van der Waals surface area (Å²) >= 11 is 13.7. The predicted molar refractivity (Wildman–Crippen MR) is 71.1 cm³/mol. The van der Waals surface area contributed by atoms with Gasteiger partial charge in [0.15, 0.2) is 16.1 Å². The lowest BCUT2D eigenvalue weighted by Crippen LogP contribution is -2.34. The van der Waals surface area contributed by atoms with Crippen LogP contribution in [0.5, 0.6) is 0 Å². The molecule has 1 heterocycles. The van der Waals surface area contributed by atoms with Crippen molar-refractivity contribution in [2.45, 2.75) is 6.92 Å². The number of ether oxygens (including phenoxy) is 1. The number of halogens is 2. The predicted octanol–water partition coefficient (Wildman–Crippen LogP) is 2.34. The molecule has 6 nitrogen and oxygen atoms in total. The summed E-state index contributed by atoms with van der Waals surface area (Å²) in [7, 11) is 0. The van der Waals surface area contributed by atoms with Gasteiger partial charge in [-0.15, -0.1) is 0 Å². The van der Waals surface area contributed by atoms with E-state index < -0.39 is 6.09 Å². The number of nitrogens with one attached hydrogen (secondary N) is 2. The van der Waals surface area contributed by atoms with E-state index in [4.69, 9.17) is 23.8 Å². The Morgan fingerprint density at radius 2 is 2.41 bits per heavy atom. The zero-order valence-corrected chi connectivity index (χ0v) is 11.8. The van der Waals surface area contributed by atoms with Crippen molar-refractivity contribution in [3.63, 3.8) is 0 Å². The van der Waals surface area contributed by atoms with E-state index in [0.717, 1.165) is 0 Å². The standard InChI is InChI=1S/C8H8BrClN4O2S/c1-2-16-8(15)14-7(17)13-4-3-11-5(9)6(10)12-4/h3H,2H2,1H3,(H2,12,13,14,15,17). The molecule has 0 saturated heterocycles. The molecular formula is C8H8BrClN4O2S. The lowest BCUT2D eigenvalue weighted by Gasteiger charge is -2.08. The van der Waals surface area contributed by atoms with Gasteiger partial charge < -0.3 is 10.1 Å². The molecule has 17 heavy (non-hydrogen) atoms. The highest BCUT2D eigenvalue weighted by Gasteiger charge is 2.07. The molecule has 0 bridgehead atoms. The average Bonchev–Trinajstić information content (AvgIpc) is 2.23. The van der Waals surface area contributed by atoms with Crippen molar-refractivity contribution in [1.82, 2.24) is 15.3 Å². The highest BCUT2D eigenvalue weighted by atomic mass is 79.9. The highest BCUT2D eigenvalue weighted by Crippen LogP contribution is 2.18. The molecule has 0 aliphatic heterocycles. The number of hydrogen-bond acceptors (Lipinski definition) is 5. The Bertz CT molecular complexity index is 446. The smallest absolute Gasteiger partial charge is 0.413 e. The van der Waals surface area contributed by atoms with Gasteiger partial charge in [-0.05, 0) is 35.1 Å². The lowest BCUT2D eigenvalue weighted by atomic mass is 10.6. The van der Waals surface area contributed by atoms with E-state index in [2.05, 4.69) is 41.3 Å². The van der Waals surface area contributed by atoms with Crippen LogP contribution >= 0.6 is 39.7 Å². The summed E-state index contributed by atoms with van der Waals surface area (Å²) < 4.78 is 5.07. The molecule has 0 spiro atoms. The quantitative estimate of drug-likeness (QED) is 0.806. The van der Waals surface area contributed by atoms with Crippen LogP contribution in [0, 0.1) is 0 Å². The van der Waals surface area contributed by atoms with Crippen molar-refractivity contribution in [2.75, 3.05) is 11.9 Å². The molecular weight excluding hydrogens is 332 g/mol. The molecule has 0 aromatic carbocycles. The second-order valence-corrected chi connectivity index (χ2v) is 4.15. The maximum atomic E-state index is 11.0. The maximum absolute atomic E-state index is 11.0. The minimum atomic E-state index is -0.638. The van der Waals surface area contributed by atoms with Crippen molar-refractivity contribution in [1.29, 1.82) is 0 Å². The molecule has 0 unspecified atom stereocenters. The van der Waals surface area contributed by atoms with Gasteiger partial charge in [-0.1, -0.05) is 11.6 Å². The normalized spacial score (nSPS) is 9.59. The zero-order chi connectivity index (χ0) is 12.8. The molecule has 0 saturated carbocycles. The Kier molecular flexibility index (Phi) is 5.52. The number of nitrogens with zero attached hydrogens (tertiary/aromatic N) is 2. The first-order valence-corrected chi connectivity index (χ1v) is 6.03. The van der Waals surface area contributed by atoms with Crippen LogP contribution in [0.15, 0.2) is 10.8 Å². The second-order valence-electron chi connectivity index (χ2n) is 2.64. The summed E-state index contributed by atoms with van der Waals surface area (Å²) in [5, 5.41) is 5.18. The third-order valence-corrected chi connectivity index (χ3v) is 2.70. The molecule has 9 heteroatoms. The van der Waals surface area contributed by atoms with Crippen LogP contribution in [-0.2, 0) is 4.74 Å². The number of rotatable bonds is 2. The first-order chi connectivity index (χ1) is 8.02. The van der Waals surface area contributed by atoms with E-state index >= 15 is 0 Å². The summed E-state index contributed by atoms with van der Waals surface area (Å²) in [6, 6.07) is 0. The number of alkyl carbamates (subject to hydrolysis) is 1. The van der Waals surface area contributed by atoms with Gasteiger partial charge in [0.2, 0.25) is 0 Å². The minimum absolute atomic E-state index is 0.0520. The SMILES string of the molecule is CCOC(=O)NC(=S)Nc1cnc(Br)c(Cl)n1. The van der Waals surface area contributed by atoms with E-state index in [9.17, 15) is 4.79 Å². The number of carbonyl (C=O) groups is 1. The van der Waals surface area contributed by atoms with Crippen LogP contribution in [0.25, 0.3) is 0 Å². The third-order valence-electron chi connectivity index (χ3n) is 1.42. The van der Waals surface area contributed by atoms with E-state index in [1.807, 2.05) is 0 Å². The summed E-state index contributed by atoms with van der Waals surface area (Å²) in [4.78, 5) is 18.9. The Labute approximate surface area is 116 Å². The van der Waals surface area contributed by atoms with E-state index in [-0.39, 0.29) is 16.9 Å². The summed E-state index contributed by atoms with van der Waals surface area (Å²) in [5.41, 5.74) is 0. The Hall–Kier alpha value is -0.990. The second kappa shape index (κ2) is 6.67. The molecule has 92 valence electrons. The van der Waals surface area contributed by atoms with E-state index in [0.29, 0.717) is 10.4 Å². The van der Waals surface area contributed by atoms with Gasteiger partial charge in [0, 0.05) is 0 Å². The van der Waals surface area contributed by atoms with E-state index in [1.165, 1.54) is 6.20 Å². The fourth-order valence-corrected chi connectivity index (χ4v) is 1.34. The number of hydrogen-bond donors (Lipinski definition) is 2. The summed E-state index contributed by atoms with van der Waals surface area (Å²) in [6.45, 7) is 1.95. The largest absolute Gasteiger partial charge is 0.450 e. The number of thiocarbonyl (C=S) groups is 1. The van der Waals surface area contributed by atoms with Crippen LogP contribution in [0.2, 0.25) is 5.15 Å². The van der Waals surface area contributed by atoms with Gasteiger partial charge in [-0.2, -0.15) is 0 Å². The maximum Gasteiger partial charge on any atom is 0.413 e. The first-order valence-electron chi connectivity index (χ1n) is 4.45. The number of amides is 1. The van der Waals surface area contributed by atoms with Gasteiger partial charge in [-0.25, -0.2) is 14.8 Å². The number of carbonyl (C=O) groups excluding carboxylic acids is 1. The number of anilines is 1. The molecule has 1 aromatic rings. The van der Waals surface area contributed by atoms with Crippen molar-refractivity contribution in [3.8, 4) is 0 Å².